The molecule has 3 nitrogen and oxygen atoms in total. The Balaban J connectivity index is 1.93. The minimum atomic E-state index is 0.0540. The third-order valence-corrected chi connectivity index (χ3v) is 2.45. The van der Waals surface area contributed by atoms with Crippen LogP contribution in [0.3, 0.4) is 0 Å². The van der Waals surface area contributed by atoms with Gasteiger partial charge in [0.25, 0.3) is 0 Å². The van der Waals surface area contributed by atoms with E-state index in [4.69, 9.17) is 4.74 Å². The number of ether oxygens (including phenoxy) is 1. The van der Waals surface area contributed by atoms with Crippen molar-refractivity contribution in [1.82, 2.24) is 4.90 Å². The van der Waals surface area contributed by atoms with E-state index in [1.54, 1.807) is 11.9 Å². The second-order valence-corrected chi connectivity index (χ2v) is 3.81. The van der Waals surface area contributed by atoms with Crippen LogP contribution >= 0.6 is 12.6 Å². The molecule has 0 unspecified atom stereocenters. The quantitative estimate of drug-likeness (QED) is 0.511. The van der Waals surface area contributed by atoms with E-state index < -0.39 is 0 Å². The number of likely N-dealkylation sites (N-methyl/N-ethyl adjacent to an activating group) is 1. The number of rotatable bonds is 6. The smallest absolute Gasteiger partial charge is 0.232 e. The maximum atomic E-state index is 11.0. The first-order valence-corrected chi connectivity index (χ1v) is 5.30. The highest BCUT2D eigenvalue weighted by molar-refractivity contribution is 7.81. The molecule has 0 bridgehead atoms. The zero-order valence-corrected chi connectivity index (χ0v) is 8.93. The lowest BCUT2D eigenvalue weighted by molar-refractivity contribution is -0.127. The fourth-order valence-corrected chi connectivity index (χ4v) is 1.22. The van der Waals surface area contributed by atoms with E-state index in [-0.39, 0.29) is 11.7 Å². The minimum absolute atomic E-state index is 0.0540. The third-order valence-electron chi connectivity index (χ3n) is 2.18. The van der Waals surface area contributed by atoms with Gasteiger partial charge in [0.2, 0.25) is 5.91 Å². The lowest BCUT2D eigenvalue weighted by atomic mass is 10.5. The summed E-state index contributed by atoms with van der Waals surface area (Å²) in [5.41, 5.74) is 0. The van der Waals surface area contributed by atoms with Crippen molar-refractivity contribution in [3.05, 3.63) is 0 Å². The van der Waals surface area contributed by atoms with Crippen LogP contribution in [0.1, 0.15) is 12.8 Å². The van der Waals surface area contributed by atoms with Crippen molar-refractivity contribution < 1.29 is 9.53 Å². The van der Waals surface area contributed by atoms with Gasteiger partial charge in [0.1, 0.15) is 0 Å². The minimum Gasteiger partial charge on any atom is -0.379 e. The van der Waals surface area contributed by atoms with Crippen LogP contribution in [0.4, 0.5) is 0 Å². The van der Waals surface area contributed by atoms with E-state index in [1.165, 1.54) is 12.8 Å². The Morgan fingerprint density at radius 3 is 2.85 bits per heavy atom. The molecule has 76 valence electrons. The summed E-state index contributed by atoms with van der Waals surface area (Å²) >= 11 is 3.91. The molecule has 13 heavy (non-hydrogen) atoms. The molecular weight excluding hydrogens is 186 g/mol. The summed E-state index contributed by atoms with van der Waals surface area (Å²) in [6.45, 7) is 2.18. The summed E-state index contributed by atoms with van der Waals surface area (Å²) in [6.07, 6.45) is 2.62. The van der Waals surface area contributed by atoms with Gasteiger partial charge >= 0.3 is 0 Å². The Labute approximate surface area is 84.8 Å². The number of nitrogens with zero attached hydrogens (tertiary/aromatic N) is 1. The van der Waals surface area contributed by atoms with E-state index in [1.807, 2.05) is 0 Å². The lowest BCUT2D eigenvalue weighted by Gasteiger charge is -2.15. The second kappa shape index (κ2) is 5.50. The molecule has 1 saturated carbocycles. The van der Waals surface area contributed by atoms with E-state index in [0.29, 0.717) is 13.2 Å². The Bertz CT molecular complexity index is 171. The zero-order chi connectivity index (χ0) is 9.68. The van der Waals surface area contributed by atoms with Crippen molar-refractivity contribution in [1.29, 1.82) is 0 Å². The molecular formula is C9H17NO2S. The van der Waals surface area contributed by atoms with Gasteiger partial charge in [-0.25, -0.2) is 0 Å². The molecule has 4 heteroatoms. The number of thiol groups is 1. The van der Waals surface area contributed by atoms with Gasteiger partial charge in [-0.05, 0) is 18.8 Å². The summed E-state index contributed by atoms with van der Waals surface area (Å²) < 4.78 is 5.40. The summed E-state index contributed by atoms with van der Waals surface area (Å²) in [6, 6.07) is 0. The third kappa shape index (κ3) is 4.52. The van der Waals surface area contributed by atoms with Crippen molar-refractivity contribution >= 4 is 18.5 Å². The molecule has 0 N–H and O–H groups in total. The fourth-order valence-electron chi connectivity index (χ4n) is 0.981. The average molecular weight is 203 g/mol. The molecule has 1 aliphatic rings. The van der Waals surface area contributed by atoms with Crippen molar-refractivity contribution in [2.45, 2.75) is 12.8 Å². The number of carbonyl (C=O) groups is 1. The lowest BCUT2D eigenvalue weighted by Crippen LogP contribution is -2.31. The van der Waals surface area contributed by atoms with Gasteiger partial charge in [-0.3, -0.25) is 4.79 Å². The van der Waals surface area contributed by atoms with Gasteiger partial charge in [-0.1, -0.05) is 0 Å². The van der Waals surface area contributed by atoms with E-state index >= 15 is 0 Å². The van der Waals surface area contributed by atoms with Crippen LogP contribution in [0.15, 0.2) is 0 Å². The van der Waals surface area contributed by atoms with Gasteiger partial charge in [0.05, 0.1) is 12.4 Å². The summed E-state index contributed by atoms with van der Waals surface area (Å²) in [5, 5.41) is 0. The van der Waals surface area contributed by atoms with Gasteiger partial charge in [0, 0.05) is 20.2 Å². The summed E-state index contributed by atoms with van der Waals surface area (Å²) in [7, 11) is 1.78. The largest absolute Gasteiger partial charge is 0.379 e. The van der Waals surface area contributed by atoms with Crippen molar-refractivity contribution in [2.24, 2.45) is 5.92 Å². The fraction of sp³-hybridized carbons (Fsp3) is 0.889. The Morgan fingerprint density at radius 2 is 2.31 bits per heavy atom. The van der Waals surface area contributed by atoms with Crippen molar-refractivity contribution in [3.8, 4) is 0 Å². The van der Waals surface area contributed by atoms with Gasteiger partial charge in [0.15, 0.2) is 0 Å². The van der Waals surface area contributed by atoms with Crippen LogP contribution in [0.5, 0.6) is 0 Å². The van der Waals surface area contributed by atoms with Gasteiger partial charge in [-0.2, -0.15) is 12.6 Å². The molecule has 1 fully saturated rings. The van der Waals surface area contributed by atoms with Crippen LogP contribution in [-0.4, -0.2) is 43.4 Å². The maximum Gasteiger partial charge on any atom is 0.232 e. The van der Waals surface area contributed by atoms with Gasteiger partial charge in [-0.15, -0.1) is 0 Å². The van der Waals surface area contributed by atoms with Crippen molar-refractivity contribution in [2.75, 3.05) is 32.6 Å². The first-order chi connectivity index (χ1) is 6.24. The average Bonchev–Trinajstić information content (AvgIpc) is 2.94. The van der Waals surface area contributed by atoms with Crippen LogP contribution < -0.4 is 0 Å². The summed E-state index contributed by atoms with van der Waals surface area (Å²) in [5.74, 6) is 1.13. The molecule has 0 saturated heterocycles. The topological polar surface area (TPSA) is 29.5 Å². The normalized spacial score (nSPS) is 15.8. The standard InChI is InChI=1S/C9H17NO2S/c1-10(9(11)7-13)4-5-12-6-8-2-3-8/h8,13H,2-7H2,1H3. The van der Waals surface area contributed by atoms with Crippen LogP contribution in [0.2, 0.25) is 0 Å². The summed E-state index contributed by atoms with van der Waals surface area (Å²) in [4.78, 5) is 12.7. The first-order valence-electron chi connectivity index (χ1n) is 4.66. The molecule has 1 rings (SSSR count). The van der Waals surface area contributed by atoms with Crippen LogP contribution in [0.25, 0.3) is 0 Å². The molecule has 0 spiro atoms. The maximum absolute atomic E-state index is 11.0. The number of carbonyl (C=O) groups excluding carboxylic acids is 1. The number of hydrogen-bond donors (Lipinski definition) is 1. The molecule has 1 aliphatic carbocycles. The molecule has 1 amide bonds. The monoisotopic (exact) mass is 203 g/mol. The molecule has 0 radical (unpaired) electrons. The highest BCUT2D eigenvalue weighted by Crippen LogP contribution is 2.28. The van der Waals surface area contributed by atoms with Crippen LogP contribution in [-0.2, 0) is 9.53 Å². The predicted octanol–water partition coefficient (Wildman–Crippen LogP) is 0.801. The Hall–Kier alpha value is -0.220. The van der Waals surface area contributed by atoms with E-state index in [0.717, 1.165) is 12.5 Å². The highest BCUT2D eigenvalue weighted by atomic mass is 32.1. The SMILES string of the molecule is CN(CCOCC1CC1)C(=O)CS. The zero-order valence-electron chi connectivity index (χ0n) is 8.03. The highest BCUT2D eigenvalue weighted by Gasteiger charge is 2.21. The van der Waals surface area contributed by atoms with Gasteiger partial charge < -0.3 is 9.64 Å². The Morgan fingerprint density at radius 1 is 1.62 bits per heavy atom. The number of amides is 1. The molecule has 0 aromatic carbocycles. The van der Waals surface area contributed by atoms with Crippen molar-refractivity contribution in [3.63, 3.8) is 0 Å². The predicted molar refractivity (Wildman–Crippen MR) is 55.0 cm³/mol. The number of hydrogen-bond acceptors (Lipinski definition) is 3. The molecule has 0 aromatic rings. The first kappa shape index (κ1) is 10.9. The van der Waals surface area contributed by atoms with E-state index in [9.17, 15) is 4.79 Å². The molecule has 0 aromatic heterocycles. The second-order valence-electron chi connectivity index (χ2n) is 3.49. The molecule has 0 heterocycles. The Kier molecular flexibility index (Phi) is 4.59. The van der Waals surface area contributed by atoms with E-state index in [2.05, 4.69) is 12.6 Å². The van der Waals surface area contributed by atoms with Crippen LogP contribution in [0, 0.1) is 5.92 Å². The molecule has 0 atom stereocenters. The molecule has 0 aliphatic heterocycles.